The molecule has 23 heavy (non-hydrogen) atoms. The molecule has 2 saturated heterocycles. The van der Waals surface area contributed by atoms with Crippen LogP contribution in [-0.4, -0.2) is 75.9 Å². The van der Waals surface area contributed by atoms with Crippen LogP contribution in [0.1, 0.15) is 17.1 Å². The number of amides is 2. The molecule has 2 aliphatic heterocycles. The highest BCUT2D eigenvalue weighted by molar-refractivity contribution is 8.13. The zero-order valence-corrected chi connectivity index (χ0v) is 15.0. The molecule has 6 nitrogen and oxygen atoms in total. The fourth-order valence-electron chi connectivity index (χ4n) is 2.88. The molecule has 126 valence electrons. The lowest BCUT2D eigenvalue weighted by molar-refractivity contribution is -0.133. The summed E-state index contributed by atoms with van der Waals surface area (Å²) < 4.78 is 0. The van der Waals surface area contributed by atoms with Gasteiger partial charge in [0.25, 0.3) is 5.24 Å². The van der Waals surface area contributed by atoms with E-state index in [1.54, 1.807) is 16.2 Å². The van der Waals surface area contributed by atoms with Gasteiger partial charge in [0.2, 0.25) is 5.91 Å². The van der Waals surface area contributed by atoms with E-state index >= 15 is 0 Å². The van der Waals surface area contributed by atoms with Gasteiger partial charge >= 0.3 is 0 Å². The molecule has 3 rings (SSSR count). The summed E-state index contributed by atoms with van der Waals surface area (Å²) in [7, 11) is 0. The quantitative estimate of drug-likeness (QED) is 0.805. The number of piperazine rings is 1. The first kappa shape index (κ1) is 16.7. The molecular weight excluding hydrogens is 332 g/mol. The number of nitrogens with zero attached hydrogens (tertiary/aromatic N) is 4. The highest BCUT2D eigenvalue weighted by Gasteiger charge is 2.25. The molecule has 0 radical (unpaired) electrons. The summed E-state index contributed by atoms with van der Waals surface area (Å²) in [6.07, 6.45) is 0.442. The van der Waals surface area contributed by atoms with E-state index in [1.165, 1.54) is 11.8 Å². The Balaban J connectivity index is 1.39. The Morgan fingerprint density at radius 2 is 2.04 bits per heavy atom. The van der Waals surface area contributed by atoms with Gasteiger partial charge in [-0.15, -0.1) is 11.3 Å². The number of carbonyl (C=O) groups is 2. The molecule has 0 unspecified atom stereocenters. The van der Waals surface area contributed by atoms with Gasteiger partial charge in [-0.2, -0.15) is 0 Å². The average molecular weight is 355 g/mol. The molecule has 2 amide bonds. The van der Waals surface area contributed by atoms with E-state index in [2.05, 4.69) is 15.3 Å². The number of aromatic nitrogens is 1. The highest BCUT2D eigenvalue weighted by atomic mass is 32.2. The molecule has 0 atom stereocenters. The molecule has 2 aliphatic rings. The Kier molecular flexibility index (Phi) is 5.55. The lowest BCUT2D eigenvalue weighted by Crippen LogP contribution is -2.48. The van der Waals surface area contributed by atoms with Crippen LogP contribution in [0.2, 0.25) is 0 Å². The molecule has 1 aromatic heterocycles. The Labute approximate surface area is 144 Å². The van der Waals surface area contributed by atoms with Gasteiger partial charge in [-0.1, -0.05) is 11.8 Å². The van der Waals surface area contributed by atoms with Crippen LogP contribution in [0, 0.1) is 6.92 Å². The van der Waals surface area contributed by atoms with Crippen molar-refractivity contribution in [3.63, 3.8) is 0 Å². The maximum absolute atomic E-state index is 12.3. The van der Waals surface area contributed by atoms with Gasteiger partial charge < -0.3 is 9.80 Å². The highest BCUT2D eigenvalue weighted by Crippen LogP contribution is 2.18. The third-order valence-corrected chi connectivity index (χ3v) is 5.93. The summed E-state index contributed by atoms with van der Waals surface area (Å²) >= 11 is 3.03. The maximum atomic E-state index is 12.3. The van der Waals surface area contributed by atoms with Crippen molar-refractivity contribution in [2.45, 2.75) is 19.9 Å². The predicted molar refractivity (Wildman–Crippen MR) is 92.8 cm³/mol. The van der Waals surface area contributed by atoms with Gasteiger partial charge in [0.15, 0.2) is 0 Å². The third kappa shape index (κ3) is 4.45. The topological polar surface area (TPSA) is 56.8 Å². The van der Waals surface area contributed by atoms with Crippen molar-refractivity contribution in [3.8, 4) is 0 Å². The first-order valence-electron chi connectivity index (χ1n) is 7.94. The smallest absolute Gasteiger partial charge is 0.281 e. The summed E-state index contributed by atoms with van der Waals surface area (Å²) in [4.78, 5) is 34.4. The minimum Gasteiger partial charge on any atom is -0.340 e. The number of aryl methyl sites for hydroxylation is 1. The van der Waals surface area contributed by atoms with Crippen LogP contribution >= 0.6 is 23.1 Å². The molecule has 0 bridgehead atoms. The number of hydrogen-bond acceptors (Lipinski definition) is 6. The van der Waals surface area contributed by atoms with Gasteiger partial charge in [0.05, 0.1) is 10.7 Å². The van der Waals surface area contributed by atoms with Crippen molar-refractivity contribution < 1.29 is 9.59 Å². The SMILES string of the molecule is Cc1nc(CN2CCN(C(=O)CCN3CCSC3=O)CC2)cs1. The number of carbonyl (C=O) groups excluding carboxylic acids is 2. The van der Waals surface area contributed by atoms with E-state index in [0.29, 0.717) is 13.0 Å². The van der Waals surface area contributed by atoms with Crippen molar-refractivity contribution >= 4 is 34.2 Å². The Hall–Kier alpha value is -1.12. The molecule has 8 heteroatoms. The van der Waals surface area contributed by atoms with Crippen molar-refractivity contribution in [1.29, 1.82) is 0 Å². The summed E-state index contributed by atoms with van der Waals surface area (Å²) in [6.45, 7) is 7.54. The number of thioether (sulfide) groups is 1. The van der Waals surface area contributed by atoms with Crippen molar-refractivity contribution in [2.24, 2.45) is 0 Å². The first-order valence-corrected chi connectivity index (χ1v) is 9.81. The minimum atomic E-state index is 0.112. The molecule has 0 aromatic carbocycles. The molecule has 1 aromatic rings. The van der Waals surface area contributed by atoms with E-state index < -0.39 is 0 Å². The molecule has 0 spiro atoms. The standard InChI is InChI=1S/C15H22N4O2S2/c1-12-16-13(11-23-12)10-17-4-6-18(7-5-17)14(20)2-3-19-8-9-22-15(19)21/h11H,2-10H2,1H3. The normalized spacial score (nSPS) is 19.6. The average Bonchev–Trinajstić information content (AvgIpc) is 3.14. The second-order valence-electron chi connectivity index (χ2n) is 5.87. The third-order valence-electron chi connectivity index (χ3n) is 4.22. The summed E-state index contributed by atoms with van der Waals surface area (Å²) in [5.41, 5.74) is 1.12. The van der Waals surface area contributed by atoms with Crippen molar-refractivity contribution in [1.82, 2.24) is 19.7 Å². The first-order chi connectivity index (χ1) is 11.1. The van der Waals surface area contributed by atoms with Gasteiger partial charge in [0.1, 0.15) is 0 Å². The maximum Gasteiger partial charge on any atom is 0.281 e. The molecule has 0 N–H and O–H groups in total. The predicted octanol–water partition coefficient (Wildman–Crippen LogP) is 1.65. The Morgan fingerprint density at radius 1 is 1.26 bits per heavy atom. The second-order valence-corrected chi connectivity index (χ2v) is 7.97. The van der Waals surface area contributed by atoms with E-state index in [9.17, 15) is 9.59 Å². The van der Waals surface area contributed by atoms with E-state index in [-0.39, 0.29) is 11.1 Å². The van der Waals surface area contributed by atoms with Crippen LogP contribution in [0.3, 0.4) is 0 Å². The molecule has 2 fully saturated rings. The van der Waals surface area contributed by atoms with Gasteiger partial charge in [-0.25, -0.2) is 4.98 Å². The monoisotopic (exact) mass is 354 g/mol. The van der Waals surface area contributed by atoms with Gasteiger partial charge in [0, 0.05) is 63.4 Å². The van der Waals surface area contributed by atoms with Crippen molar-refractivity contribution in [2.75, 3.05) is 45.0 Å². The lowest BCUT2D eigenvalue weighted by Gasteiger charge is -2.34. The van der Waals surface area contributed by atoms with Crippen LogP contribution in [0.4, 0.5) is 4.79 Å². The van der Waals surface area contributed by atoms with Crippen LogP contribution in [0.25, 0.3) is 0 Å². The van der Waals surface area contributed by atoms with E-state index in [4.69, 9.17) is 0 Å². The van der Waals surface area contributed by atoms with E-state index in [0.717, 1.165) is 55.7 Å². The summed E-state index contributed by atoms with van der Waals surface area (Å²) in [6, 6.07) is 0. The van der Waals surface area contributed by atoms with Crippen LogP contribution in [0.15, 0.2) is 5.38 Å². The Bertz CT molecular complexity index is 570. The molecule has 0 saturated carbocycles. The largest absolute Gasteiger partial charge is 0.340 e. The van der Waals surface area contributed by atoms with Crippen LogP contribution in [0.5, 0.6) is 0 Å². The fraction of sp³-hybridized carbons (Fsp3) is 0.667. The second kappa shape index (κ2) is 7.63. The molecule has 0 aliphatic carbocycles. The minimum absolute atomic E-state index is 0.112. The van der Waals surface area contributed by atoms with Gasteiger partial charge in [-0.05, 0) is 6.92 Å². The van der Waals surface area contributed by atoms with Crippen LogP contribution in [-0.2, 0) is 11.3 Å². The van der Waals surface area contributed by atoms with Gasteiger partial charge in [-0.3, -0.25) is 14.5 Å². The number of thiazole rings is 1. The zero-order chi connectivity index (χ0) is 16.2. The number of hydrogen-bond donors (Lipinski definition) is 0. The molecular formula is C15H22N4O2S2. The summed E-state index contributed by atoms with van der Waals surface area (Å²) in [5.74, 6) is 1.01. The molecule has 3 heterocycles. The summed E-state index contributed by atoms with van der Waals surface area (Å²) in [5, 5.41) is 3.32. The van der Waals surface area contributed by atoms with Crippen LogP contribution < -0.4 is 0 Å². The zero-order valence-electron chi connectivity index (χ0n) is 13.4. The van der Waals surface area contributed by atoms with E-state index in [1.807, 2.05) is 11.8 Å². The number of rotatable bonds is 5. The fourth-order valence-corrected chi connectivity index (χ4v) is 4.34. The van der Waals surface area contributed by atoms with Crippen molar-refractivity contribution in [3.05, 3.63) is 16.1 Å². The Morgan fingerprint density at radius 3 is 2.65 bits per heavy atom. The lowest BCUT2D eigenvalue weighted by atomic mass is 10.2.